The van der Waals surface area contributed by atoms with E-state index in [0.717, 1.165) is 6.42 Å². The first-order valence-electron chi connectivity index (χ1n) is 4.91. The maximum Gasteiger partial charge on any atom is 0.297 e. The molecule has 2 aliphatic heterocycles. The molecule has 0 bridgehead atoms. The first-order valence-corrected chi connectivity index (χ1v) is 4.91. The standard InChI is InChI=1S/C9H16FNO3/c1-14-9(12,13)8-3-2-4-11(8)6-7(10)5-8/h7,12-13H,2-6H2,1H3. The molecule has 5 heteroatoms. The highest BCUT2D eigenvalue weighted by molar-refractivity contribution is 5.07. The molecule has 0 aromatic rings. The molecule has 82 valence electrons. The Kier molecular flexibility index (Phi) is 2.30. The van der Waals surface area contributed by atoms with E-state index in [1.807, 2.05) is 0 Å². The Morgan fingerprint density at radius 2 is 2.29 bits per heavy atom. The third-order valence-electron chi connectivity index (χ3n) is 3.49. The van der Waals surface area contributed by atoms with Crippen molar-refractivity contribution >= 4 is 0 Å². The Balaban J connectivity index is 2.28. The van der Waals surface area contributed by atoms with Gasteiger partial charge in [-0.3, -0.25) is 4.90 Å². The summed E-state index contributed by atoms with van der Waals surface area (Å²) in [5.74, 6) is -2.23. The van der Waals surface area contributed by atoms with E-state index < -0.39 is 17.7 Å². The van der Waals surface area contributed by atoms with E-state index in [4.69, 9.17) is 0 Å². The van der Waals surface area contributed by atoms with Gasteiger partial charge in [0.05, 0.1) is 0 Å². The molecule has 2 N–H and O–H groups in total. The zero-order valence-corrected chi connectivity index (χ0v) is 8.24. The molecular weight excluding hydrogens is 189 g/mol. The topological polar surface area (TPSA) is 52.9 Å². The highest BCUT2D eigenvalue weighted by Crippen LogP contribution is 2.46. The molecule has 2 fully saturated rings. The number of fused-ring (bicyclic) bond motifs is 1. The number of nitrogens with zero attached hydrogens (tertiary/aromatic N) is 1. The van der Waals surface area contributed by atoms with Gasteiger partial charge in [-0.05, 0) is 19.4 Å². The molecule has 2 rings (SSSR count). The largest absolute Gasteiger partial charge is 0.342 e. The predicted molar refractivity (Wildman–Crippen MR) is 47.2 cm³/mol. The van der Waals surface area contributed by atoms with Gasteiger partial charge in [-0.1, -0.05) is 0 Å². The van der Waals surface area contributed by atoms with E-state index in [9.17, 15) is 14.6 Å². The first kappa shape index (κ1) is 10.3. The smallest absolute Gasteiger partial charge is 0.297 e. The van der Waals surface area contributed by atoms with Crippen molar-refractivity contribution in [2.75, 3.05) is 20.2 Å². The lowest BCUT2D eigenvalue weighted by molar-refractivity contribution is -0.376. The molecule has 2 heterocycles. The molecule has 2 atom stereocenters. The number of hydrogen-bond acceptors (Lipinski definition) is 4. The van der Waals surface area contributed by atoms with Crippen LogP contribution in [0.25, 0.3) is 0 Å². The molecule has 2 aliphatic rings. The molecule has 0 aromatic carbocycles. The fourth-order valence-electron chi connectivity index (χ4n) is 2.79. The van der Waals surface area contributed by atoms with Crippen molar-refractivity contribution in [1.82, 2.24) is 4.90 Å². The lowest BCUT2D eigenvalue weighted by Crippen LogP contribution is -2.59. The van der Waals surface area contributed by atoms with Gasteiger partial charge in [-0.25, -0.2) is 4.39 Å². The number of ether oxygens (including phenoxy) is 1. The van der Waals surface area contributed by atoms with Crippen LogP contribution in [0.3, 0.4) is 0 Å². The van der Waals surface area contributed by atoms with Crippen molar-refractivity contribution in [3.05, 3.63) is 0 Å². The van der Waals surface area contributed by atoms with Crippen molar-refractivity contribution in [3.63, 3.8) is 0 Å². The lowest BCUT2D eigenvalue weighted by Gasteiger charge is -2.40. The van der Waals surface area contributed by atoms with Gasteiger partial charge in [0.15, 0.2) is 0 Å². The molecule has 4 nitrogen and oxygen atoms in total. The molecule has 0 aliphatic carbocycles. The first-order chi connectivity index (χ1) is 6.52. The van der Waals surface area contributed by atoms with Gasteiger partial charge >= 0.3 is 0 Å². The molecule has 0 spiro atoms. The van der Waals surface area contributed by atoms with Crippen molar-refractivity contribution in [2.45, 2.75) is 36.9 Å². The second kappa shape index (κ2) is 3.13. The van der Waals surface area contributed by atoms with Gasteiger partial charge in [0.25, 0.3) is 5.97 Å². The average Bonchev–Trinajstić information content (AvgIpc) is 2.61. The Labute approximate surface area is 82.3 Å². The van der Waals surface area contributed by atoms with Crippen LogP contribution in [0.4, 0.5) is 4.39 Å². The molecule has 2 saturated heterocycles. The second-order valence-corrected chi connectivity index (χ2v) is 4.19. The number of rotatable bonds is 2. The number of halogens is 1. The fraction of sp³-hybridized carbons (Fsp3) is 1.00. The van der Waals surface area contributed by atoms with Crippen LogP contribution < -0.4 is 0 Å². The van der Waals surface area contributed by atoms with Gasteiger partial charge in [0.1, 0.15) is 11.7 Å². The molecule has 0 radical (unpaired) electrons. The summed E-state index contributed by atoms with van der Waals surface area (Å²) in [6, 6.07) is 0. The monoisotopic (exact) mass is 205 g/mol. The molecule has 0 aromatic heterocycles. The van der Waals surface area contributed by atoms with Gasteiger partial charge < -0.3 is 14.9 Å². The second-order valence-electron chi connectivity index (χ2n) is 4.19. The Bertz CT molecular complexity index is 236. The quantitative estimate of drug-likeness (QED) is 0.615. The van der Waals surface area contributed by atoms with E-state index in [2.05, 4.69) is 4.74 Å². The van der Waals surface area contributed by atoms with E-state index in [-0.39, 0.29) is 13.0 Å². The molecule has 0 amide bonds. The highest BCUT2D eigenvalue weighted by Gasteiger charge is 2.61. The summed E-state index contributed by atoms with van der Waals surface area (Å²) in [5, 5.41) is 19.5. The van der Waals surface area contributed by atoms with E-state index >= 15 is 0 Å². The zero-order valence-electron chi connectivity index (χ0n) is 8.24. The maximum atomic E-state index is 13.2. The Morgan fingerprint density at radius 3 is 2.93 bits per heavy atom. The van der Waals surface area contributed by atoms with Crippen LogP contribution in [0.1, 0.15) is 19.3 Å². The van der Waals surface area contributed by atoms with Crippen LogP contribution >= 0.6 is 0 Å². The van der Waals surface area contributed by atoms with Gasteiger partial charge in [-0.2, -0.15) is 0 Å². The third kappa shape index (κ3) is 1.20. The minimum atomic E-state index is -2.23. The van der Waals surface area contributed by atoms with Gasteiger partial charge in [0, 0.05) is 20.1 Å². The fourth-order valence-corrected chi connectivity index (χ4v) is 2.79. The van der Waals surface area contributed by atoms with Crippen LogP contribution in [0.15, 0.2) is 0 Å². The van der Waals surface area contributed by atoms with Crippen molar-refractivity contribution in [3.8, 4) is 0 Å². The normalized spacial score (nSPS) is 39.0. The van der Waals surface area contributed by atoms with Crippen molar-refractivity contribution < 1.29 is 19.3 Å². The van der Waals surface area contributed by atoms with E-state index in [1.165, 1.54) is 7.11 Å². The van der Waals surface area contributed by atoms with Crippen LogP contribution in [0.5, 0.6) is 0 Å². The Morgan fingerprint density at radius 1 is 1.57 bits per heavy atom. The summed E-state index contributed by atoms with van der Waals surface area (Å²) in [5.41, 5.74) is -0.929. The molecule has 2 unspecified atom stereocenters. The summed E-state index contributed by atoms with van der Waals surface area (Å²) in [6.45, 7) is 0.999. The molecular formula is C9H16FNO3. The third-order valence-corrected chi connectivity index (χ3v) is 3.49. The van der Waals surface area contributed by atoms with Crippen LogP contribution in [0, 0.1) is 0 Å². The minimum absolute atomic E-state index is 0.147. The SMILES string of the molecule is COC(O)(O)C12CCCN1CC(F)C2. The van der Waals surface area contributed by atoms with Gasteiger partial charge in [-0.15, -0.1) is 0 Å². The van der Waals surface area contributed by atoms with Crippen LogP contribution in [-0.4, -0.2) is 53.0 Å². The summed E-state index contributed by atoms with van der Waals surface area (Å²) in [7, 11) is 1.23. The summed E-state index contributed by atoms with van der Waals surface area (Å²) in [4.78, 5) is 1.79. The lowest BCUT2D eigenvalue weighted by atomic mass is 9.90. The highest BCUT2D eigenvalue weighted by atomic mass is 19.1. The van der Waals surface area contributed by atoms with Crippen LogP contribution in [0.2, 0.25) is 0 Å². The zero-order chi connectivity index (χ0) is 10.4. The number of aliphatic hydroxyl groups is 2. The van der Waals surface area contributed by atoms with Crippen LogP contribution in [-0.2, 0) is 4.74 Å². The van der Waals surface area contributed by atoms with E-state index in [0.29, 0.717) is 13.0 Å². The predicted octanol–water partition coefficient (Wildman–Crippen LogP) is -0.152. The maximum absolute atomic E-state index is 13.2. The summed E-state index contributed by atoms with van der Waals surface area (Å²) >= 11 is 0. The summed E-state index contributed by atoms with van der Waals surface area (Å²) < 4.78 is 17.9. The van der Waals surface area contributed by atoms with E-state index in [1.54, 1.807) is 4.90 Å². The van der Waals surface area contributed by atoms with Crippen molar-refractivity contribution in [2.24, 2.45) is 0 Å². The number of alkyl halides is 1. The molecule has 14 heavy (non-hydrogen) atoms. The average molecular weight is 205 g/mol. The Hall–Kier alpha value is -0.230. The summed E-state index contributed by atoms with van der Waals surface area (Å²) in [6.07, 6.45) is 0.602. The number of hydrogen-bond donors (Lipinski definition) is 2. The minimum Gasteiger partial charge on any atom is -0.342 e. The van der Waals surface area contributed by atoms with Gasteiger partial charge in [0.2, 0.25) is 0 Å². The molecule has 0 saturated carbocycles. The number of methoxy groups -OCH3 is 1. The van der Waals surface area contributed by atoms with Crippen molar-refractivity contribution in [1.29, 1.82) is 0 Å².